The molecule has 0 radical (unpaired) electrons. The average Bonchev–Trinajstić information content (AvgIpc) is 3.37. The van der Waals surface area contributed by atoms with Crippen molar-refractivity contribution in [3.05, 3.63) is 46.4 Å². The second-order valence-corrected chi connectivity index (χ2v) is 8.44. The smallest absolute Gasteiger partial charge is 0.191 e. The number of ether oxygens (including phenoxy) is 1. The van der Waals surface area contributed by atoms with Gasteiger partial charge in [0.2, 0.25) is 0 Å². The van der Waals surface area contributed by atoms with Gasteiger partial charge in [0.25, 0.3) is 0 Å². The fourth-order valence-electron chi connectivity index (χ4n) is 2.76. The maximum atomic E-state index is 5.62. The van der Waals surface area contributed by atoms with Crippen LogP contribution in [-0.2, 0) is 12.5 Å². The van der Waals surface area contributed by atoms with E-state index in [0.717, 1.165) is 27.2 Å². The average molecular weight is 392 g/mol. The summed E-state index contributed by atoms with van der Waals surface area (Å²) in [7, 11) is 3.53. The van der Waals surface area contributed by atoms with E-state index in [1.807, 2.05) is 31.7 Å². The van der Waals surface area contributed by atoms with E-state index in [1.54, 1.807) is 22.5 Å². The number of nitrogens with zero attached hydrogens (tertiary/aromatic N) is 6. The van der Waals surface area contributed by atoms with Crippen molar-refractivity contribution in [1.82, 2.24) is 29.6 Å². The summed E-state index contributed by atoms with van der Waals surface area (Å²) in [6.45, 7) is 6.34. The lowest BCUT2D eigenvalue weighted by atomic mass is 9.98. The van der Waals surface area contributed by atoms with Gasteiger partial charge < -0.3 is 4.74 Å². The van der Waals surface area contributed by atoms with Crippen molar-refractivity contribution in [2.75, 3.05) is 7.11 Å². The molecule has 4 rings (SSSR count). The lowest BCUT2D eigenvalue weighted by Gasteiger charge is -2.11. The molecule has 8 heteroatoms. The van der Waals surface area contributed by atoms with Gasteiger partial charge in [-0.05, 0) is 12.0 Å². The van der Waals surface area contributed by atoms with E-state index < -0.39 is 0 Å². The van der Waals surface area contributed by atoms with Crippen molar-refractivity contribution < 1.29 is 4.74 Å². The topological polar surface area (TPSA) is 70.1 Å². The molecule has 0 saturated carbocycles. The van der Waals surface area contributed by atoms with Crippen LogP contribution in [0.2, 0.25) is 0 Å². The number of aryl methyl sites for hydroxylation is 1. The Bertz CT molecular complexity index is 1210. The Morgan fingerprint density at radius 2 is 1.86 bits per heavy atom. The number of methoxy groups -OCH3 is 1. The minimum atomic E-state index is -0.0338. The molecule has 0 bridgehead atoms. The number of hydrogen-bond acceptors (Lipinski definition) is 6. The number of rotatable bonds is 2. The molecule has 0 aliphatic rings. The molecule has 0 aliphatic carbocycles. The summed E-state index contributed by atoms with van der Waals surface area (Å²) in [4.78, 5) is 0. The summed E-state index contributed by atoms with van der Waals surface area (Å²) >= 11 is 1.52. The first-order chi connectivity index (χ1) is 13.3. The highest BCUT2D eigenvalue weighted by Gasteiger charge is 2.19. The predicted octanol–water partition coefficient (Wildman–Crippen LogP) is 3.29. The first-order valence-electron chi connectivity index (χ1n) is 8.75. The first kappa shape index (κ1) is 18.2. The number of hydrogen-bond donors (Lipinski definition) is 0. The summed E-state index contributed by atoms with van der Waals surface area (Å²) < 4.78 is 9.16. The van der Waals surface area contributed by atoms with Crippen LogP contribution in [0.25, 0.3) is 16.6 Å². The van der Waals surface area contributed by atoms with Gasteiger partial charge in [-0.25, -0.2) is 4.52 Å². The molecular weight excluding hydrogens is 372 g/mol. The van der Waals surface area contributed by atoms with Crippen LogP contribution < -0.4 is 4.74 Å². The molecule has 0 amide bonds. The van der Waals surface area contributed by atoms with Crippen LogP contribution in [0.1, 0.15) is 36.3 Å². The molecule has 142 valence electrons. The van der Waals surface area contributed by atoms with E-state index in [4.69, 9.17) is 4.74 Å². The monoisotopic (exact) mass is 392 g/mol. The lowest BCUT2D eigenvalue weighted by molar-refractivity contribution is 0.417. The normalized spacial score (nSPS) is 11.5. The van der Waals surface area contributed by atoms with Crippen LogP contribution in [0.15, 0.2) is 30.9 Å². The van der Waals surface area contributed by atoms with Gasteiger partial charge in [-0.1, -0.05) is 38.0 Å². The largest absolute Gasteiger partial charge is 0.494 e. The molecule has 0 atom stereocenters. The van der Waals surface area contributed by atoms with E-state index in [9.17, 15) is 0 Å². The van der Waals surface area contributed by atoms with Crippen molar-refractivity contribution in [3.63, 3.8) is 0 Å². The molecular formula is C20H20N6OS. The predicted molar refractivity (Wildman–Crippen MR) is 109 cm³/mol. The summed E-state index contributed by atoms with van der Waals surface area (Å²) in [6, 6.07) is 1.97. The third-order valence-electron chi connectivity index (χ3n) is 4.21. The maximum absolute atomic E-state index is 5.62. The third-order valence-corrected chi connectivity index (χ3v) is 5.47. The van der Waals surface area contributed by atoms with E-state index >= 15 is 0 Å². The molecule has 0 aliphatic heterocycles. The van der Waals surface area contributed by atoms with Crippen LogP contribution in [-0.4, -0.2) is 36.7 Å². The second-order valence-electron chi connectivity index (χ2n) is 7.46. The first-order valence-corrected chi connectivity index (χ1v) is 9.57. The summed E-state index contributed by atoms with van der Waals surface area (Å²) in [5, 5.41) is 18.8. The molecule has 28 heavy (non-hydrogen) atoms. The Kier molecular flexibility index (Phi) is 4.40. The lowest BCUT2D eigenvalue weighted by Crippen LogP contribution is -2.10. The van der Waals surface area contributed by atoms with E-state index in [2.05, 4.69) is 53.0 Å². The van der Waals surface area contributed by atoms with Crippen molar-refractivity contribution in [1.29, 1.82) is 0 Å². The fourth-order valence-corrected chi connectivity index (χ4v) is 3.51. The minimum Gasteiger partial charge on any atom is -0.494 e. The highest BCUT2D eigenvalue weighted by atomic mass is 32.1. The molecule has 4 heterocycles. The molecule has 0 N–H and O–H groups in total. The third kappa shape index (κ3) is 3.37. The van der Waals surface area contributed by atoms with Crippen LogP contribution in [0.5, 0.6) is 5.75 Å². The Morgan fingerprint density at radius 1 is 1.04 bits per heavy atom. The Labute approximate surface area is 167 Å². The maximum Gasteiger partial charge on any atom is 0.191 e. The SMILES string of the molecule is COc1cc(-c2cnn(C)c2)cn2ncc(C#Cc3nnc(C(C)(C)C)s3)c12. The van der Waals surface area contributed by atoms with Gasteiger partial charge in [0.15, 0.2) is 5.01 Å². The highest BCUT2D eigenvalue weighted by molar-refractivity contribution is 7.11. The van der Waals surface area contributed by atoms with Gasteiger partial charge in [-0.3, -0.25) is 4.68 Å². The van der Waals surface area contributed by atoms with Crippen molar-refractivity contribution >= 4 is 16.9 Å². The zero-order valence-electron chi connectivity index (χ0n) is 16.4. The van der Waals surface area contributed by atoms with Crippen molar-refractivity contribution in [2.45, 2.75) is 26.2 Å². The molecule has 0 spiro atoms. The van der Waals surface area contributed by atoms with Crippen LogP contribution >= 0.6 is 11.3 Å². The number of pyridine rings is 1. The Morgan fingerprint density at radius 3 is 2.50 bits per heavy atom. The molecule has 0 fully saturated rings. The summed E-state index contributed by atoms with van der Waals surface area (Å²) in [6.07, 6.45) is 7.45. The molecule has 4 aromatic heterocycles. The minimum absolute atomic E-state index is 0.0338. The summed E-state index contributed by atoms with van der Waals surface area (Å²) in [5.74, 6) is 6.97. The fraction of sp³-hybridized carbons (Fsp3) is 0.300. The second kappa shape index (κ2) is 6.77. The summed E-state index contributed by atoms with van der Waals surface area (Å²) in [5.41, 5.74) is 3.53. The van der Waals surface area contributed by atoms with E-state index in [1.165, 1.54) is 11.3 Å². The van der Waals surface area contributed by atoms with Gasteiger partial charge >= 0.3 is 0 Å². The van der Waals surface area contributed by atoms with Gasteiger partial charge in [0, 0.05) is 36.0 Å². The zero-order chi connectivity index (χ0) is 19.9. The molecule has 4 aromatic rings. The van der Waals surface area contributed by atoms with Crippen molar-refractivity contribution in [2.24, 2.45) is 7.05 Å². The van der Waals surface area contributed by atoms with Crippen molar-refractivity contribution in [3.8, 4) is 28.7 Å². The van der Waals surface area contributed by atoms with E-state index in [0.29, 0.717) is 10.8 Å². The Balaban J connectivity index is 1.75. The quantitative estimate of drug-likeness (QED) is 0.490. The van der Waals surface area contributed by atoms with Gasteiger partial charge in [0.05, 0.1) is 25.1 Å². The number of aromatic nitrogens is 6. The van der Waals surface area contributed by atoms with Crippen LogP contribution in [0, 0.1) is 11.8 Å². The molecule has 0 unspecified atom stereocenters. The van der Waals surface area contributed by atoms with Crippen LogP contribution in [0.4, 0.5) is 0 Å². The standard InChI is InChI=1S/C20H20N6OS/c1-20(2,3)19-24-23-17(28-19)7-6-13-9-22-26-12-14(8-16(27-5)18(13)26)15-10-21-25(4)11-15/h8-12H,1-5H3. The number of fused-ring (bicyclic) bond motifs is 1. The molecule has 0 saturated heterocycles. The zero-order valence-corrected chi connectivity index (χ0v) is 17.2. The van der Waals surface area contributed by atoms with Gasteiger partial charge in [-0.15, -0.1) is 10.2 Å². The van der Waals surface area contributed by atoms with Crippen LogP contribution in [0.3, 0.4) is 0 Å². The highest BCUT2D eigenvalue weighted by Crippen LogP contribution is 2.29. The van der Waals surface area contributed by atoms with Gasteiger partial charge in [0.1, 0.15) is 16.3 Å². The van der Waals surface area contributed by atoms with E-state index in [-0.39, 0.29) is 5.41 Å². The molecule has 7 nitrogen and oxygen atoms in total. The Hall–Kier alpha value is -3.18. The van der Waals surface area contributed by atoms with Gasteiger partial charge in [-0.2, -0.15) is 10.2 Å². The molecule has 0 aromatic carbocycles.